The van der Waals surface area contributed by atoms with Crippen LogP contribution < -0.4 is 5.32 Å². The number of imidazole rings is 1. The van der Waals surface area contributed by atoms with E-state index in [1.165, 1.54) is 6.42 Å². The Morgan fingerprint density at radius 1 is 1.42 bits per heavy atom. The molecule has 0 saturated carbocycles. The van der Waals surface area contributed by atoms with Crippen LogP contribution in [0.4, 0.5) is 0 Å². The van der Waals surface area contributed by atoms with Gasteiger partial charge in [0.25, 0.3) is 0 Å². The number of nitrogens with zero attached hydrogens (tertiary/aromatic N) is 3. The topological polar surface area (TPSA) is 50.2 Å². The maximum absolute atomic E-state index is 12.2. The average molecular weight is 264 g/mol. The molecule has 2 rings (SSSR count). The van der Waals surface area contributed by atoms with Crippen molar-refractivity contribution >= 4 is 5.91 Å². The highest BCUT2D eigenvalue weighted by atomic mass is 16.2. The first-order chi connectivity index (χ1) is 9.22. The summed E-state index contributed by atoms with van der Waals surface area (Å²) in [7, 11) is 0. The molecule has 5 nitrogen and oxygen atoms in total. The van der Waals surface area contributed by atoms with Gasteiger partial charge < -0.3 is 9.47 Å². The number of nitrogens with one attached hydrogen (secondary N) is 1. The van der Waals surface area contributed by atoms with Crippen molar-refractivity contribution in [2.75, 3.05) is 13.1 Å². The first-order valence-corrected chi connectivity index (χ1v) is 7.24. The van der Waals surface area contributed by atoms with Gasteiger partial charge in [-0.05, 0) is 33.1 Å². The molecule has 1 aliphatic heterocycles. The maximum atomic E-state index is 12.2. The van der Waals surface area contributed by atoms with Crippen molar-refractivity contribution in [1.82, 2.24) is 19.8 Å². The zero-order chi connectivity index (χ0) is 13.7. The smallest absolute Gasteiger partial charge is 0.239 e. The molecular weight excluding hydrogens is 240 g/mol. The number of likely N-dealkylation sites (tertiary alicyclic amines) is 1. The van der Waals surface area contributed by atoms with E-state index in [2.05, 4.69) is 21.8 Å². The Hall–Kier alpha value is -1.36. The molecule has 0 bridgehead atoms. The van der Waals surface area contributed by atoms with Gasteiger partial charge in [0.05, 0.1) is 12.6 Å². The summed E-state index contributed by atoms with van der Waals surface area (Å²) in [5.41, 5.74) is 0. The molecule has 1 unspecified atom stereocenters. The molecule has 1 fully saturated rings. The summed E-state index contributed by atoms with van der Waals surface area (Å²) in [6.45, 7) is 7.40. The predicted molar refractivity (Wildman–Crippen MR) is 74.6 cm³/mol. The zero-order valence-electron chi connectivity index (χ0n) is 11.9. The number of amides is 1. The third-order valence-corrected chi connectivity index (χ3v) is 3.75. The predicted octanol–water partition coefficient (Wildman–Crippen LogP) is 1.39. The lowest BCUT2D eigenvalue weighted by molar-refractivity contribution is -0.133. The minimum Gasteiger partial charge on any atom is -0.341 e. The van der Waals surface area contributed by atoms with Gasteiger partial charge >= 0.3 is 0 Å². The summed E-state index contributed by atoms with van der Waals surface area (Å²) in [5.74, 6) is 1.20. The van der Waals surface area contributed by atoms with Crippen LogP contribution in [0.3, 0.4) is 0 Å². The Kier molecular flexibility index (Phi) is 4.96. The number of aryl methyl sites for hydroxylation is 1. The van der Waals surface area contributed by atoms with E-state index in [1.807, 2.05) is 18.0 Å². The third-order valence-electron chi connectivity index (χ3n) is 3.75. The fourth-order valence-corrected chi connectivity index (χ4v) is 2.51. The average Bonchev–Trinajstić information content (AvgIpc) is 2.92. The van der Waals surface area contributed by atoms with Crippen molar-refractivity contribution in [2.24, 2.45) is 0 Å². The molecule has 2 heterocycles. The highest BCUT2D eigenvalue weighted by Gasteiger charge is 2.21. The number of carbonyl (C=O) groups excluding carboxylic acids is 1. The molecule has 5 heteroatoms. The largest absolute Gasteiger partial charge is 0.341 e. The van der Waals surface area contributed by atoms with Crippen LogP contribution >= 0.6 is 0 Å². The van der Waals surface area contributed by atoms with Gasteiger partial charge in [-0.15, -0.1) is 0 Å². The van der Waals surface area contributed by atoms with E-state index in [0.29, 0.717) is 6.54 Å². The molecule has 106 valence electrons. The summed E-state index contributed by atoms with van der Waals surface area (Å²) in [6.07, 6.45) is 7.29. The maximum Gasteiger partial charge on any atom is 0.239 e. The molecule has 0 radical (unpaired) electrons. The second-order valence-electron chi connectivity index (χ2n) is 5.12. The lowest BCUT2D eigenvalue weighted by Crippen LogP contribution is -2.46. The summed E-state index contributed by atoms with van der Waals surface area (Å²) in [4.78, 5) is 18.5. The van der Waals surface area contributed by atoms with Gasteiger partial charge in [0.2, 0.25) is 5.91 Å². The Morgan fingerprint density at radius 3 is 2.84 bits per heavy atom. The van der Waals surface area contributed by atoms with Crippen molar-refractivity contribution in [1.29, 1.82) is 0 Å². The van der Waals surface area contributed by atoms with Gasteiger partial charge in [0, 0.05) is 32.0 Å². The third kappa shape index (κ3) is 3.56. The minimum atomic E-state index is -0.139. The molecule has 0 spiro atoms. The van der Waals surface area contributed by atoms with E-state index in [-0.39, 0.29) is 11.9 Å². The van der Waals surface area contributed by atoms with Gasteiger partial charge in [-0.2, -0.15) is 0 Å². The molecule has 1 amide bonds. The molecule has 1 aromatic heterocycles. The number of carbonyl (C=O) groups is 1. The van der Waals surface area contributed by atoms with Gasteiger partial charge in [-0.25, -0.2) is 4.98 Å². The van der Waals surface area contributed by atoms with Crippen LogP contribution in [0.2, 0.25) is 0 Å². The van der Waals surface area contributed by atoms with Gasteiger partial charge in [-0.1, -0.05) is 0 Å². The van der Waals surface area contributed by atoms with Crippen LogP contribution in [0, 0.1) is 0 Å². The monoisotopic (exact) mass is 264 g/mol. The Labute approximate surface area is 115 Å². The van der Waals surface area contributed by atoms with Gasteiger partial charge in [0.1, 0.15) is 5.82 Å². The first-order valence-electron chi connectivity index (χ1n) is 7.24. The molecule has 1 atom stereocenters. The number of aromatic nitrogens is 2. The van der Waals surface area contributed by atoms with E-state index in [4.69, 9.17) is 0 Å². The molecule has 1 N–H and O–H groups in total. The lowest BCUT2D eigenvalue weighted by Gasteiger charge is -2.29. The highest BCUT2D eigenvalue weighted by Crippen LogP contribution is 2.10. The minimum absolute atomic E-state index is 0.139. The lowest BCUT2D eigenvalue weighted by atomic mass is 10.1. The van der Waals surface area contributed by atoms with E-state index in [9.17, 15) is 4.79 Å². The summed E-state index contributed by atoms with van der Waals surface area (Å²) < 4.78 is 2.09. The van der Waals surface area contributed by atoms with Crippen LogP contribution in [-0.2, 0) is 17.9 Å². The van der Waals surface area contributed by atoms with Crippen molar-refractivity contribution in [2.45, 2.75) is 52.2 Å². The molecule has 1 aliphatic rings. The van der Waals surface area contributed by atoms with Crippen molar-refractivity contribution in [3.8, 4) is 0 Å². The quantitative estimate of drug-likeness (QED) is 0.874. The molecule has 1 aromatic rings. The van der Waals surface area contributed by atoms with E-state index >= 15 is 0 Å². The normalized spacial score (nSPS) is 17.5. The summed E-state index contributed by atoms with van der Waals surface area (Å²) in [6, 6.07) is -0.139. The van der Waals surface area contributed by atoms with Gasteiger partial charge in [0.15, 0.2) is 0 Å². The number of piperidine rings is 1. The second-order valence-corrected chi connectivity index (χ2v) is 5.12. The van der Waals surface area contributed by atoms with Crippen LogP contribution in [0.25, 0.3) is 0 Å². The van der Waals surface area contributed by atoms with Crippen molar-refractivity contribution in [3.63, 3.8) is 0 Å². The van der Waals surface area contributed by atoms with Crippen molar-refractivity contribution < 1.29 is 4.79 Å². The fourth-order valence-electron chi connectivity index (χ4n) is 2.51. The van der Waals surface area contributed by atoms with Crippen LogP contribution in [0.5, 0.6) is 0 Å². The Morgan fingerprint density at radius 2 is 2.16 bits per heavy atom. The highest BCUT2D eigenvalue weighted by molar-refractivity contribution is 5.81. The summed E-state index contributed by atoms with van der Waals surface area (Å²) in [5, 5.41) is 3.28. The van der Waals surface area contributed by atoms with Gasteiger partial charge in [-0.3, -0.25) is 10.1 Å². The molecule has 1 saturated heterocycles. The Bertz CT molecular complexity index is 409. The molecule has 19 heavy (non-hydrogen) atoms. The standard InChI is InChI=1S/C14H24N4O/c1-3-17-10-7-15-13(17)11-16-12(2)14(19)18-8-5-4-6-9-18/h7,10,12,16H,3-6,8-9,11H2,1-2H3. The number of hydrogen-bond donors (Lipinski definition) is 1. The SMILES string of the molecule is CCn1ccnc1CNC(C)C(=O)N1CCCCC1. The summed E-state index contributed by atoms with van der Waals surface area (Å²) >= 11 is 0. The molecule has 0 aliphatic carbocycles. The van der Waals surface area contributed by atoms with E-state index < -0.39 is 0 Å². The van der Waals surface area contributed by atoms with Crippen LogP contribution in [0.15, 0.2) is 12.4 Å². The van der Waals surface area contributed by atoms with E-state index in [0.717, 1.165) is 38.3 Å². The number of rotatable bonds is 5. The second kappa shape index (κ2) is 6.70. The van der Waals surface area contributed by atoms with Crippen LogP contribution in [-0.4, -0.2) is 39.5 Å². The molecule has 0 aromatic carbocycles. The van der Waals surface area contributed by atoms with Crippen molar-refractivity contribution in [3.05, 3.63) is 18.2 Å². The van der Waals surface area contributed by atoms with Crippen LogP contribution in [0.1, 0.15) is 38.9 Å². The fraction of sp³-hybridized carbons (Fsp3) is 0.714. The zero-order valence-corrected chi connectivity index (χ0v) is 11.9. The van der Waals surface area contributed by atoms with E-state index in [1.54, 1.807) is 6.20 Å². The molecular formula is C14H24N4O. The first kappa shape index (κ1) is 14.1. The number of hydrogen-bond acceptors (Lipinski definition) is 3. The Balaban J connectivity index is 1.83.